The number of hydrogen-bond acceptors (Lipinski definition) is 4. The fraction of sp³-hybridized carbons (Fsp3) is 0.333. The fourth-order valence-corrected chi connectivity index (χ4v) is 3.15. The van der Waals surface area contributed by atoms with Crippen molar-refractivity contribution in [1.82, 2.24) is 4.98 Å². The van der Waals surface area contributed by atoms with Gasteiger partial charge in [-0.25, -0.2) is 9.37 Å². The summed E-state index contributed by atoms with van der Waals surface area (Å²) in [6, 6.07) is 2.72. The van der Waals surface area contributed by atoms with Gasteiger partial charge in [-0.15, -0.1) is 11.3 Å². The molecule has 0 radical (unpaired) electrons. The second kappa shape index (κ2) is 5.81. The maximum Gasteiger partial charge on any atom is 0.248 e. The number of carbonyl (C=O) groups excluding carboxylic acids is 1. The molecule has 21 heavy (non-hydrogen) atoms. The van der Waals surface area contributed by atoms with Crippen LogP contribution in [0.15, 0.2) is 12.1 Å². The first-order chi connectivity index (χ1) is 9.79. The number of halogens is 1. The van der Waals surface area contributed by atoms with E-state index in [2.05, 4.69) is 10.3 Å². The molecular formula is C15H18FN3OS. The highest BCUT2D eigenvalue weighted by Gasteiger charge is 2.16. The summed E-state index contributed by atoms with van der Waals surface area (Å²) in [7, 11) is 0. The number of amides is 1. The highest BCUT2D eigenvalue weighted by molar-refractivity contribution is 7.11. The molecule has 0 saturated heterocycles. The van der Waals surface area contributed by atoms with Crippen molar-refractivity contribution in [2.45, 2.75) is 33.7 Å². The number of aryl methyl sites for hydroxylation is 2. The second-order valence-corrected chi connectivity index (χ2v) is 6.28. The second-order valence-electron chi connectivity index (χ2n) is 5.04. The molecule has 1 aromatic carbocycles. The number of anilines is 1. The van der Waals surface area contributed by atoms with E-state index in [0.29, 0.717) is 11.3 Å². The number of nitrogens with two attached hydrogens (primary N) is 1. The van der Waals surface area contributed by atoms with Gasteiger partial charge in [-0.2, -0.15) is 0 Å². The molecule has 0 bridgehead atoms. The van der Waals surface area contributed by atoms with Crippen molar-refractivity contribution in [3.05, 3.63) is 44.7 Å². The first-order valence-corrected chi connectivity index (χ1v) is 7.41. The van der Waals surface area contributed by atoms with E-state index in [1.54, 1.807) is 24.3 Å². The lowest BCUT2D eigenvalue weighted by Gasteiger charge is -2.17. The zero-order valence-corrected chi connectivity index (χ0v) is 13.3. The quantitative estimate of drug-likeness (QED) is 0.908. The van der Waals surface area contributed by atoms with E-state index in [-0.39, 0.29) is 11.6 Å². The van der Waals surface area contributed by atoms with Crippen molar-refractivity contribution in [2.24, 2.45) is 5.73 Å². The third kappa shape index (κ3) is 3.21. The molecule has 6 heteroatoms. The van der Waals surface area contributed by atoms with Crippen LogP contribution in [0.1, 0.15) is 44.5 Å². The standard InChI is InChI=1S/C15H18FN3OS/c1-7-12(16)5-11(15(17)20)6-13(7)19-9(3)14-8(2)18-10(4)21-14/h5-6,9,19H,1-4H3,(H2,17,20). The van der Waals surface area contributed by atoms with Crippen molar-refractivity contribution >= 4 is 22.9 Å². The normalized spacial score (nSPS) is 12.2. The molecule has 0 aliphatic heterocycles. The molecule has 1 heterocycles. The molecular weight excluding hydrogens is 289 g/mol. The molecule has 2 rings (SSSR count). The Labute approximate surface area is 127 Å². The average Bonchev–Trinajstić information content (AvgIpc) is 2.73. The Balaban J connectivity index is 2.34. The van der Waals surface area contributed by atoms with Crippen molar-refractivity contribution in [3.8, 4) is 0 Å². The van der Waals surface area contributed by atoms with Gasteiger partial charge in [0, 0.05) is 21.7 Å². The minimum absolute atomic E-state index is 0.0302. The van der Waals surface area contributed by atoms with E-state index in [4.69, 9.17) is 5.73 Å². The van der Waals surface area contributed by atoms with Crippen molar-refractivity contribution in [2.75, 3.05) is 5.32 Å². The monoisotopic (exact) mass is 307 g/mol. The Morgan fingerprint density at radius 1 is 1.38 bits per heavy atom. The largest absolute Gasteiger partial charge is 0.377 e. The lowest BCUT2D eigenvalue weighted by Crippen LogP contribution is -2.14. The van der Waals surface area contributed by atoms with Gasteiger partial charge >= 0.3 is 0 Å². The van der Waals surface area contributed by atoms with Crippen LogP contribution in [-0.4, -0.2) is 10.9 Å². The minimum atomic E-state index is -0.644. The Bertz CT molecular complexity index is 696. The number of nitrogens with one attached hydrogen (secondary N) is 1. The van der Waals surface area contributed by atoms with E-state index in [1.165, 1.54) is 0 Å². The maximum absolute atomic E-state index is 13.9. The predicted octanol–water partition coefficient (Wildman–Crippen LogP) is 3.48. The van der Waals surface area contributed by atoms with Gasteiger partial charge < -0.3 is 11.1 Å². The van der Waals surface area contributed by atoms with Crippen molar-refractivity contribution < 1.29 is 9.18 Å². The zero-order valence-electron chi connectivity index (χ0n) is 12.5. The highest BCUT2D eigenvalue weighted by Crippen LogP contribution is 2.30. The molecule has 0 aliphatic carbocycles. The number of aromatic nitrogens is 1. The number of carbonyl (C=O) groups is 1. The van der Waals surface area contributed by atoms with E-state index >= 15 is 0 Å². The molecule has 0 aliphatic rings. The van der Waals surface area contributed by atoms with Crippen LogP contribution in [0.25, 0.3) is 0 Å². The third-order valence-corrected chi connectivity index (χ3v) is 4.59. The third-order valence-electron chi connectivity index (χ3n) is 3.33. The summed E-state index contributed by atoms with van der Waals surface area (Å²) in [5, 5.41) is 4.23. The Kier molecular flexibility index (Phi) is 4.27. The molecule has 1 unspecified atom stereocenters. The van der Waals surface area contributed by atoms with Crippen LogP contribution in [0.2, 0.25) is 0 Å². The maximum atomic E-state index is 13.9. The SMILES string of the molecule is Cc1nc(C)c(C(C)Nc2cc(C(N)=O)cc(F)c2C)s1. The molecule has 1 aromatic heterocycles. The zero-order chi connectivity index (χ0) is 15.7. The molecule has 112 valence electrons. The fourth-order valence-electron chi connectivity index (χ4n) is 2.22. The summed E-state index contributed by atoms with van der Waals surface area (Å²) < 4.78 is 13.9. The van der Waals surface area contributed by atoms with Gasteiger partial charge in [-0.3, -0.25) is 4.79 Å². The molecule has 1 amide bonds. The van der Waals surface area contributed by atoms with E-state index in [0.717, 1.165) is 21.6 Å². The summed E-state index contributed by atoms with van der Waals surface area (Å²) in [5.41, 5.74) is 7.38. The topological polar surface area (TPSA) is 68.0 Å². The predicted molar refractivity (Wildman–Crippen MR) is 83.3 cm³/mol. The lowest BCUT2D eigenvalue weighted by molar-refractivity contribution is 0.1000. The van der Waals surface area contributed by atoms with E-state index < -0.39 is 11.7 Å². The van der Waals surface area contributed by atoms with Gasteiger partial charge in [0.15, 0.2) is 0 Å². The molecule has 0 fully saturated rings. The average molecular weight is 307 g/mol. The van der Waals surface area contributed by atoms with Crippen LogP contribution in [0.4, 0.5) is 10.1 Å². The van der Waals surface area contributed by atoms with Gasteiger partial charge in [0.25, 0.3) is 0 Å². The summed E-state index contributed by atoms with van der Waals surface area (Å²) >= 11 is 1.60. The molecule has 3 N–H and O–H groups in total. The van der Waals surface area contributed by atoms with Gasteiger partial charge in [-0.1, -0.05) is 0 Å². The smallest absolute Gasteiger partial charge is 0.248 e. The first-order valence-electron chi connectivity index (χ1n) is 6.60. The van der Waals surface area contributed by atoms with Crippen molar-refractivity contribution in [3.63, 3.8) is 0 Å². The Morgan fingerprint density at radius 2 is 2.05 bits per heavy atom. The van der Waals surface area contributed by atoms with Gasteiger partial charge in [0.2, 0.25) is 5.91 Å². The van der Waals surface area contributed by atoms with Crippen LogP contribution in [0.5, 0.6) is 0 Å². The summed E-state index contributed by atoms with van der Waals surface area (Å²) in [6.07, 6.45) is 0. The van der Waals surface area contributed by atoms with Crippen LogP contribution >= 0.6 is 11.3 Å². The molecule has 1 atom stereocenters. The van der Waals surface area contributed by atoms with Crippen LogP contribution < -0.4 is 11.1 Å². The Hall–Kier alpha value is -1.95. The molecule has 4 nitrogen and oxygen atoms in total. The molecule has 0 saturated carbocycles. The van der Waals surface area contributed by atoms with Crippen LogP contribution in [-0.2, 0) is 0 Å². The number of benzene rings is 1. The van der Waals surface area contributed by atoms with Gasteiger partial charge in [0.1, 0.15) is 5.82 Å². The van der Waals surface area contributed by atoms with Crippen LogP contribution in [0, 0.1) is 26.6 Å². The lowest BCUT2D eigenvalue weighted by atomic mass is 10.1. The number of thiazole rings is 1. The number of rotatable bonds is 4. The van der Waals surface area contributed by atoms with E-state index in [9.17, 15) is 9.18 Å². The van der Waals surface area contributed by atoms with Crippen LogP contribution in [0.3, 0.4) is 0 Å². The van der Waals surface area contributed by atoms with Gasteiger partial charge in [0.05, 0.1) is 16.7 Å². The Morgan fingerprint density at radius 3 is 2.57 bits per heavy atom. The molecule has 2 aromatic rings. The number of hydrogen-bond donors (Lipinski definition) is 2. The summed E-state index contributed by atoms with van der Waals surface area (Å²) in [4.78, 5) is 16.7. The first kappa shape index (κ1) is 15.4. The van der Waals surface area contributed by atoms with Gasteiger partial charge in [-0.05, 0) is 39.8 Å². The summed E-state index contributed by atoms with van der Waals surface area (Å²) in [5.74, 6) is -1.09. The van der Waals surface area contributed by atoms with Crippen molar-refractivity contribution in [1.29, 1.82) is 0 Å². The molecule has 0 spiro atoms. The number of nitrogens with zero attached hydrogens (tertiary/aromatic N) is 1. The minimum Gasteiger partial charge on any atom is -0.377 e. The highest BCUT2D eigenvalue weighted by atomic mass is 32.1. The van der Waals surface area contributed by atoms with E-state index in [1.807, 2.05) is 20.8 Å². The number of primary amides is 1. The summed E-state index contributed by atoms with van der Waals surface area (Å²) in [6.45, 7) is 7.55.